The maximum Gasteiger partial charge on any atom is 0.230 e. The standard InChI is InChI=1S/C23H27N9OS/c1-30-9-11-31(12-10-30)20-7-8-21(24-16-20)27-23-25-14-17-15-26-32(22(17)28-23)19-6-4-5-18(13-19)29-34(2,3)33/h4-8,13-16H,9-12H2,1-3H3,(H,24,25,27,28). The van der Waals surface area contributed by atoms with Crippen LogP contribution in [0.1, 0.15) is 0 Å². The Hall–Kier alpha value is -3.57. The Kier molecular flexibility index (Phi) is 5.88. The lowest BCUT2D eigenvalue weighted by Gasteiger charge is -2.33. The number of nitrogens with zero attached hydrogens (tertiary/aromatic N) is 8. The topological polar surface area (TPSA) is 104 Å². The van der Waals surface area contributed by atoms with Crippen LogP contribution in [0.2, 0.25) is 0 Å². The van der Waals surface area contributed by atoms with Gasteiger partial charge in [-0.25, -0.2) is 18.9 Å². The summed E-state index contributed by atoms with van der Waals surface area (Å²) in [5.74, 6) is 1.10. The highest BCUT2D eigenvalue weighted by molar-refractivity contribution is 7.92. The number of anilines is 3. The van der Waals surface area contributed by atoms with Crippen LogP contribution in [-0.4, -0.2) is 79.6 Å². The van der Waals surface area contributed by atoms with Crippen molar-refractivity contribution in [3.63, 3.8) is 0 Å². The summed E-state index contributed by atoms with van der Waals surface area (Å²) in [6.45, 7) is 4.09. The van der Waals surface area contributed by atoms with Gasteiger partial charge in [-0.2, -0.15) is 14.4 Å². The van der Waals surface area contributed by atoms with E-state index in [4.69, 9.17) is 0 Å². The zero-order chi connectivity index (χ0) is 23.7. The van der Waals surface area contributed by atoms with Crippen LogP contribution in [0.15, 0.2) is 59.4 Å². The number of piperazine rings is 1. The summed E-state index contributed by atoms with van der Waals surface area (Å²) in [4.78, 5) is 18.3. The van der Waals surface area contributed by atoms with Crippen molar-refractivity contribution >= 4 is 43.9 Å². The highest BCUT2D eigenvalue weighted by Gasteiger charge is 2.15. The molecular weight excluding hydrogens is 450 g/mol. The van der Waals surface area contributed by atoms with Crippen LogP contribution in [0.5, 0.6) is 0 Å². The molecule has 0 spiro atoms. The number of nitrogens with one attached hydrogen (secondary N) is 1. The van der Waals surface area contributed by atoms with Gasteiger partial charge in [0.05, 0.1) is 34.8 Å². The van der Waals surface area contributed by atoms with Crippen LogP contribution in [-0.2, 0) is 9.73 Å². The highest BCUT2D eigenvalue weighted by Crippen LogP contribution is 2.23. The molecule has 176 valence electrons. The van der Waals surface area contributed by atoms with Gasteiger partial charge in [0.1, 0.15) is 5.82 Å². The van der Waals surface area contributed by atoms with E-state index in [0.29, 0.717) is 23.1 Å². The second-order valence-corrected chi connectivity index (χ2v) is 11.2. The van der Waals surface area contributed by atoms with E-state index in [-0.39, 0.29) is 0 Å². The van der Waals surface area contributed by atoms with E-state index in [2.05, 4.69) is 52.6 Å². The van der Waals surface area contributed by atoms with Gasteiger partial charge in [-0.05, 0) is 37.4 Å². The van der Waals surface area contributed by atoms with E-state index in [1.165, 1.54) is 0 Å². The summed E-state index contributed by atoms with van der Waals surface area (Å²) < 4.78 is 18.1. The fourth-order valence-electron chi connectivity index (χ4n) is 3.83. The van der Waals surface area contributed by atoms with Gasteiger partial charge in [0.25, 0.3) is 0 Å². The molecule has 0 bridgehead atoms. The predicted octanol–water partition coefficient (Wildman–Crippen LogP) is 3.07. The van der Waals surface area contributed by atoms with Crippen LogP contribution < -0.4 is 10.2 Å². The Morgan fingerprint density at radius 3 is 2.53 bits per heavy atom. The molecule has 5 rings (SSSR count). The van der Waals surface area contributed by atoms with Crippen molar-refractivity contribution in [3.8, 4) is 5.69 Å². The van der Waals surface area contributed by atoms with Crippen LogP contribution in [0.4, 0.5) is 23.1 Å². The molecule has 1 aliphatic heterocycles. The van der Waals surface area contributed by atoms with Gasteiger partial charge in [-0.1, -0.05) is 6.07 Å². The molecule has 4 aromatic rings. The summed E-state index contributed by atoms with van der Waals surface area (Å²) in [6.07, 6.45) is 8.55. The summed E-state index contributed by atoms with van der Waals surface area (Å²) >= 11 is 0. The molecule has 0 saturated carbocycles. The third-order valence-electron chi connectivity index (χ3n) is 5.56. The van der Waals surface area contributed by atoms with Crippen LogP contribution >= 0.6 is 0 Å². The van der Waals surface area contributed by atoms with Gasteiger partial charge in [-0.3, -0.25) is 0 Å². The minimum absolute atomic E-state index is 0.431. The van der Waals surface area contributed by atoms with E-state index in [1.54, 1.807) is 29.6 Å². The van der Waals surface area contributed by atoms with E-state index in [1.807, 2.05) is 36.5 Å². The molecule has 34 heavy (non-hydrogen) atoms. The summed E-state index contributed by atoms with van der Waals surface area (Å²) in [7, 11) is -0.117. The lowest BCUT2D eigenvalue weighted by Crippen LogP contribution is -2.44. The van der Waals surface area contributed by atoms with Gasteiger partial charge < -0.3 is 15.1 Å². The monoisotopic (exact) mass is 477 g/mol. The molecule has 0 amide bonds. The first kappa shape index (κ1) is 22.2. The smallest absolute Gasteiger partial charge is 0.230 e. The minimum atomic E-state index is -2.26. The molecule has 1 fully saturated rings. The first-order valence-corrected chi connectivity index (χ1v) is 13.3. The predicted molar refractivity (Wildman–Crippen MR) is 136 cm³/mol. The van der Waals surface area contributed by atoms with E-state index < -0.39 is 9.73 Å². The maximum absolute atomic E-state index is 12.1. The number of benzene rings is 1. The molecule has 1 N–H and O–H groups in total. The second kappa shape index (κ2) is 8.99. The molecule has 0 aliphatic carbocycles. The molecule has 1 aliphatic rings. The lowest BCUT2D eigenvalue weighted by atomic mass is 10.3. The zero-order valence-electron chi connectivity index (χ0n) is 19.4. The van der Waals surface area contributed by atoms with Gasteiger partial charge in [0.15, 0.2) is 5.65 Å². The van der Waals surface area contributed by atoms with Crippen LogP contribution in [0.25, 0.3) is 16.7 Å². The van der Waals surface area contributed by atoms with Gasteiger partial charge in [-0.15, -0.1) is 0 Å². The van der Waals surface area contributed by atoms with Gasteiger partial charge in [0.2, 0.25) is 5.95 Å². The summed E-state index contributed by atoms with van der Waals surface area (Å²) in [5.41, 5.74) is 3.17. The first-order valence-electron chi connectivity index (χ1n) is 11.0. The van der Waals surface area contributed by atoms with Crippen molar-refractivity contribution in [2.24, 2.45) is 4.36 Å². The average molecular weight is 478 g/mol. The normalized spacial score (nSPS) is 15.0. The fourth-order valence-corrected chi connectivity index (χ4v) is 4.45. The molecular formula is C23H27N9OS. The zero-order valence-corrected chi connectivity index (χ0v) is 20.2. The Morgan fingerprint density at radius 1 is 0.971 bits per heavy atom. The maximum atomic E-state index is 12.1. The van der Waals surface area contributed by atoms with E-state index in [0.717, 1.165) is 42.9 Å². The number of likely N-dealkylation sites (N-methyl/N-ethyl adjacent to an activating group) is 1. The number of pyridine rings is 1. The van der Waals surface area contributed by atoms with E-state index >= 15 is 0 Å². The first-order chi connectivity index (χ1) is 16.3. The Balaban J connectivity index is 1.38. The summed E-state index contributed by atoms with van der Waals surface area (Å²) in [6, 6.07) is 11.4. The Morgan fingerprint density at radius 2 is 1.79 bits per heavy atom. The van der Waals surface area contributed by atoms with Crippen LogP contribution in [0.3, 0.4) is 0 Å². The fraction of sp³-hybridized carbons (Fsp3) is 0.304. The highest BCUT2D eigenvalue weighted by atomic mass is 32.2. The molecule has 4 heterocycles. The molecule has 1 aromatic carbocycles. The second-order valence-electron chi connectivity index (χ2n) is 8.64. The third-order valence-corrected chi connectivity index (χ3v) is 6.22. The molecule has 3 aromatic heterocycles. The quantitative estimate of drug-likeness (QED) is 0.468. The van der Waals surface area contributed by atoms with Crippen molar-refractivity contribution in [2.45, 2.75) is 0 Å². The van der Waals surface area contributed by atoms with Crippen LogP contribution in [0, 0.1) is 0 Å². The molecule has 10 nitrogen and oxygen atoms in total. The Bertz CT molecular complexity index is 1420. The van der Waals surface area contributed by atoms with Crippen molar-refractivity contribution in [1.29, 1.82) is 0 Å². The number of rotatable bonds is 5. The van der Waals surface area contributed by atoms with E-state index in [9.17, 15) is 4.21 Å². The minimum Gasteiger partial charge on any atom is -0.368 e. The Labute approximate surface area is 198 Å². The van der Waals surface area contributed by atoms with Gasteiger partial charge in [0, 0.05) is 54.6 Å². The van der Waals surface area contributed by atoms with Crippen molar-refractivity contribution in [3.05, 3.63) is 55.0 Å². The molecule has 11 heteroatoms. The summed E-state index contributed by atoms with van der Waals surface area (Å²) in [5, 5.41) is 8.46. The number of hydrogen-bond acceptors (Lipinski definition) is 9. The third kappa shape index (κ3) is 5.00. The largest absolute Gasteiger partial charge is 0.368 e. The molecule has 1 saturated heterocycles. The molecule has 0 radical (unpaired) electrons. The number of hydrogen-bond donors (Lipinski definition) is 1. The van der Waals surface area contributed by atoms with Crippen molar-refractivity contribution in [1.82, 2.24) is 29.6 Å². The van der Waals surface area contributed by atoms with Crippen molar-refractivity contribution < 1.29 is 4.21 Å². The average Bonchev–Trinajstić information content (AvgIpc) is 3.23. The lowest BCUT2D eigenvalue weighted by molar-refractivity contribution is 0.313. The number of aromatic nitrogens is 5. The SMILES string of the molecule is CN1CCN(c2ccc(Nc3ncc4cnn(-c5cccc(N=S(C)(C)=O)c5)c4n3)nc2)CC1. The molecule has 0 atom stereocenters. The number of fused-ring (bicyclic) bond motifs is 1. The van der Waals surface area contributed by atoms with Gasteiger partial charge >= 0.3 is 0 Å². The van der Waals surface area contributed by atoms with Crippen molar-refractivity contribution in [2.75, 3.05) is 56.0 Å². The molecule has 0 unspecified atom stereocenters.